The van der Waals surface area contributed by atoms with E-state index in [-0.39, 0.29) is 11.6 Å². The molecule has 1 heterocycles. The lowest BCUT2D eigenvalue weighted by atomic mass is 10.2. The first-order valence-electron chi connectivity index (χ1n) is 6.03. The molecule has 3 N–H and O–H groups in total. The van der Waals surface area contributed by atoms with Crippen LogP contribution in [0.25, 0.3) is 0 Å². The van der Waals surface area contributed by atoms with E-state index in [0.29, 0.717) is 15.7 Å². The third kappa shape index (κ3) is 4.03. The highest BCUT2D eigenvalue weighted by Gasteiger charge is 2.10. The van der Waals surface area contributed by atoms with Crippen LogP contribution in [-0.4, -0.2) is 16.8 Å². The summed E-state index contributed by atoms with van der Waals surface area (Å²) in [6.45, 7) is 1.38. The number of amides is 2. The van der Waals surface area contributed by atoms with Gasteiger partial charge in [0.05, 0.1) is 0 Å². The zero-order valence-electron chi connectivity index (χ0n) is 11.1. The Kier molecular flexibility index (Phi) is 4.54. The van der Waals surface area contributed by atoms with E-state index in [1.807, 2.05) is 0 Å². The number of anilines is 2. The van der Waals surface area contributed by atoms with Gasteiger partial charge in [-0.15, -0.1) is 0 Å². The maximum atomic E-state index is 12.1. The van der Waals surface area contributed by atoms with E-state index in [4.69, 9.17) is 0 Å². The van der Waals surface area contributed by atoms with Crippen LogP contribution in [0, 0.1) is 0 Å². The second-order valence-corrected chi connectivity index (χ2v) is 5.19. The first-order valence-corrected chi connectivity index (χ1v) is 6.82. The van der Waals surface area contributed by atoms with Gasteiger partial charge in [0.2, 0.25) is 5.91 Å². The molecule has 1 aromatic carbocycles. The van der Waals surface area contributed by atoms with E-state index in [1.54, 1.807) is 18.2 Å². The van der Waals surface area contributed by atoms with Crippen molar-refractivity contribution in [1.82, 2.24) is 4.98 Å². The molecule has 1 aromatic heterocycles. The lowest BCUT2D eigenvalue weighted by molar-refractivity contribution is -0.114. The molecule has 0 saturated heterocycles. The summed E-state index contributed by atoms with van der Waals surface area (Å²) in [5, 5.41) is 5.11. The molecule has 7 heteroatoms. The van der Waals surface area contributed by atoms with Gasteiger partial charge in [0.1, 0.15) is 5.69 Å². The van der Waals surface area contributed by atoms with E-state index in [9.17, 15) is 14.4 Å². The Morgan fingerprint density at radius 1 is 1.19 bits per heavy atom. The van der Waals surface area contributed by atoms with Crippen molar-refractivity contribution >= 4 is 39.1 Å². The van der Waals surface area contributed by atoms with Crippen molar-refractivity contribution in [1.29, 1.82) is 0 Å². The largest absolute Gasteiger partial charge is 0.326 e. The minimum absolute atomic E-state index is 0.138. The molecule has 0 atom stereocenters. The van der Waals surface area contributed by atoms with Crippen LogP contribution in [0.1, 0.15) is 17.3 Å². The van der Waals surface area contributed by atoms with Gasteiger partial charge in [-0.05, 0) is 40.2 Å². The summed E-state index contributed by atoms with van der Waals surface area (Å²) < 4.78 is 0.643. The Hall–Kier alpha value is -2.41. The monoisotopic (exact) mass is 349 g/mol. The number of halogens is 1. The Labute approximate surface area is 128 Å². The van der Waals surface area contributed by atoms with Crippen LogP contribution >= 0.6 is 15.9 Å². The lowest BCUT2D eigenvalue weighted by Crippen LogP contribution is -2.19. The summed E-state index contributed by atoms with van der Waals surface area (Å²) in [6.07, 6.45) is 1.48. The van der Waals surface area contributed by atoms with Crippen LogP contribution in [0.2, 0.25) is 0 Å². The first-order chi connectivity index (χ1) is 9.95. The number of hydrogen-bond donors (Lipinski definition) is 3. The van der Waals surface area contributed by atoms with Crippen LogP contribution in [-0.2, 0) is 4.79 Å². The molecule has 0 radical (unpaired) electrons. The SMILES string of the molecule is CC(=O)Nc1cccc(C(=O)Nc2cc(Br)c[nH]c2=O)c1. The van der Waals surface area contributed by atoms with E-state index in [2.05, 4.69) is 31.5 Å². The van der Waals surface area contributed by atoms with Crippen molar-refractivity contribution in [2.75, 3.05) is 10.6 Å². The smallest absolute Gasteiger partial charge is 0.271 e. The molecule has 6 nitrogen and oxygen atoms in total. The first kappa shape index (κ1) is 15.0. The van der Waals surface area contributed by atoms with Crippen molar-refractivity contribution < 1.29 is 9.59 Å². The molecule has 2 aromatic rings. The highest BCUT2D eigenvalue weighted by Crippen LogP contribution is 2.14. The highest BCUT2D eigenvalue weighted by atomic mass is 79.9. The van der Waals surface area contributed by atoms with Crippen molar-refractivity contribution in [2.24, 2.45) is 0 Å². The molecule has 0 aliphatic rings. The van der Waals surface area contributed by atoms with Gasteiger partial charge in [-0.3, -0.25) is 14.4 Å². The van der Waals surface area contributed by atoms with Crippen LogP contribution in [0.3, 0.4) is 0 Å². The third-order valence-electron chi connectivity index (χ3n) is 2.56. The van der Waals surface area contributed by atoms with Gasteiger partial charge < -0.3 is 15.6 Å². The van der Waals surface area contributed by atoms with E-state index >= 15 is 0 Å². The Balaban J connectivity index is 2.22. The van der Waals surface area contributed by atoms with E-state index < -0.39 is 11.5 Å². The number of nitrogens with one attached hydrogen (secondary N) is 3. The number of benzene rings is 1. The summed E-state index contributed by atoms with van der Waals surface area (Å²) in [7, 11) is 0. The average Bonchev–Trinajstić information content (AvgIpc) is 2.42. The van der Waals surface area contributed by atoms with Gasteiger partial charge in [-0.1, -0.05) is 6.07 Å². The van der Waals surface area contributed by atoms with Crippen LogP contribution in [0.15, 0.2) is 45.8 Å². The number of hydrogen-bond acceptors (Lipinski definition) is 3. The third-order valence-corrected chi connectivity index (χ3v) is 3.02. The maximum absolute atomic E-state index is 12.1. The van der Waals surface area contributed by atoms with Gasteiger partial charge in [0.25, 0.3) is 11.5 Å². The Morgan fingerprint density at radius 3 is 2.67 bits per heavy atom. The number of carbonyl (C=O) groups excluding carboxylic acids is 2. The fraction of sp³-hybridized carbons (Fsp3) is 0.0714. The molecule has 0 spiro atoms. The normalized spacial score (nSPS) is 10.0. The number of aromatic nitrogens is 1. The summed E-state index contributed by atoms with van der Waals surface area (Å²) in [5.74, 6) is -0.665. The summed E-state index contributed by atoms with van der Waals surface area (Å²) in [5.41, 5.74) is 0.586. The van der Waals surface area contributed by atoms with Crippen molar-refractivity contribution in [3.63, 3.8) is 0 Å². The van der Waals surface area contributed by atoms with Crippen LogP contribution in [0.5, 0.6) is 0 Å². The highest BCUT2D eigenvalue weighted by molar-refractivity contribution is 9.10. The Bertz CT molecular complexity index is 755. The number of aromatic amines is 1. The van der Waals surface area contributed by atoms with Crippen molar-refractivity contribution in [3.8, 4) is 0 Å². The van der Waals surface area contributed by atoms with Crippen LogP contribution < -0.4 is 16.2 Å². The number of pyridine rings is 1. The molecule has 21 heavy (non-hydrogen) atoms. The number of rotatable bonds is 3. The zero-order chi connectivity index (χ0) is 15.4. The molecular formula is C14H12BrN3O3. The standard InChI is InChI=1S/C14H12BrN3O3/c1-8(19)17-11-4-2-3-9(5-11)13(20)18-12-6-10(15)7-16-14(12)21/h2-7H,1H3,(H,16,21)(H,17,19)(H,18,20). The zero-order valence-corrected chi connectivity index (χ0v) is 12.7. The molecule has 108 valence electrons. The summed E-state index contributed by atoms with van der Waals surface area (Å²) in [6, 6.07) is 7.94. The predicted molar refractivity (Wildman–Crippen MR) is 83.5 cm³/mol. The second kappa shape index (κ2) is 6.36. The Morgan fingerprint density at radius 2 is 1.95 bits per heavy atom. The fourth-order valence-corrected chi connectivity index (χ4v) is 2.03. The molecule has 0 saturated carbocycles. The molecule has 2 amide bonds. The second-order valence-electron chi connectivity index (χ2n) is 4.28. The molecule has 0 aliphatic carbocycles. The van der Waals surface area contributed by atoms with E-state index in [1.165, 1.54) is 25.3 Å². The fourth-order valence-electron chi connectivity index (χ4n) is 1.69. The number of carbonyl (C=O) groups is 2. The quantitative estimate of drug-likeness (QED) is 0.794. The van der Waals surface area contributed by atoms with Gasteiger partial charge in [-0.25, -0.2) is 0 Å². The van der Waals surface area contributed by atoms with Crippen molar-refractivity contribution in [2.45, 2.75) is 6.92 Å². The van der Waals surface area contributed by atoms with Gasteiger partial charge in [0.15, 0.2) is 0 Å². The molecule has 0 unspecified atom stereocenters. The van der Waals surface area contributed by atoms with E-state index in [0.717, 1.165) is 0 Å². The summed E-state index contributed by atoms with van der Waals surface area (Å²) >= 11 is 3.21. The van der Waals surface area contributed by atoms with Crippen LogP contribution in [0.4, 0.5) is 11.4 Å². The molecule has 0 bridgehead atoms. The van der Waals surface area contributed by atoms with Gasteiger partial charge >= 0.3 is 0 Å². The topological polar surface area (TPSA) is 91.1 Å². The molecule has 0 aliphatic heterocycles. The van der Waals surface area contributed by atoms with Gasteiger partial charge in [0, 0.05) is 28.8 Å². The molecular weight excluding hydrogens is 338 g/mol. The average molecular weight is 350 g/mol. The summed E-state index contributed by atoms with van der Waals surface area (Å²) in [4.78, 5) is 37.2. The number of H-pyrrole nitrogens is 1. The minimum atomic E-state index is -0.439. The van der Waals surface area contributed by atoms with Gasteiger partial charge in [-0.2, -0.15) is 0 Å². The molecule has 2 rings (SSSR count). The molecule has 0 fully saturated rings. The maximum Gasteiger partial charge on any atom is 0.271 e. The predicted octanol–water partition coefficient (Wildman–Crippen LogP) is 2.35. The van der Waals surface area contributed by atoms with Crippen molar-refractivity contribution in [3.05, 3.63) is 56.9 Å². The minimum Gasteiger partial charge on any atom is -0.326 e. The lowest BCUT2D eigenvalue weighted by Gasteiger charge is -2.07.